The van der Waals surface area contributed by atoms with E-state index in [0.29, 0.717) is 17.8 Å². The molecule has 0 spiro atoms. The van der Waals surface area contributed by atoms with Gasteiger partial charge in [-0.25, -0.2) is 4.79 Å². The summed E-state index contributed by atoms with van der Waals surface area (Å²) in [4.78, 5) is 23.1. The molecule has 0 heterocycles. The summed E-state index contributed by atoms with van der Waals surface area (Å²) in [6.07, 6.45) is 4.10. The van der Waals surface area contributed by atoms with E-state index in [-0.39, 0.29) is 16.6 Å². The van der Waals surface area contributed by atoms with Crippen molar-refractivity contribution >= 4 is 29.3 Å². The number of nitrogens with one attached hydrogen (secondary N) is 2. The molecular weight excluding hydrogens is 284 g/mol. The topological polar surface area (TPSA) is 58.2 Å². The number of rotatable bonds is 7. The van der Waals surface area contributed by atoms with E-state index in [0.717, 1.165) is 12.8 Å². The number of urea groups is 1. The van der Waals surface area contributed by atoms with Gasteiger partial charge in [-0.15, -0.1) is 0 Å². The van der Waals surface area contributed by atoms with Gasteiger partial charge in [-0.05, 0) is 50.3 Å². The van der Waals surface area contributed by atoms with Gasteiger partial charge in [-0.2, -0.15) is 11.8 Å². The van der Waals surface area contributed by atoms with Crippen LogP contribution in [-0.4, -0.2) is 29.4 Å². The Hall–Kier alpha value is -1.49. The van der Waals surface area contributed by atoms with Gasteiger partial charge in [0.05, 0.1) is 0 Å². The van der Waals surface area contributed by atoms with Crippen LogP contribution in [0.5, 0.6) is 0 Å². The SMILES string of the molecule is CCC(CC)(CNC(=O)Nc1ccc(C(C)=O)cc1)SC. The van der Waals surface area contributed by atoms with E-state index >= 15 is 0 Å². The van der Waals surface area contributed by atoms with Gasteiger partial charge in [0, 0.05) is 22.5 Å². The smallest absolute Gasteiger partial charge is 0.319 e. The summed E-state index contributed by atoms with van der Waals surface area (Å²) in [7, 11) is 0. The van der Waals surface area contributed by atoms with Crippen LogP contribution in [0.25, 0.3) is 0 Å². The van der Waals surface area contributed by atoms with Crippen molar-refractivity contribution in [2.24, 2.45) is 0 Å². The molecule has 5 heteroatoms. The highest BCUT2D eigenvalue weighted by Gasteiger charge is 2.25. The first-order valence-corrected chi connectivity index (χ1v) is 8.40. The number of ketones is 1. The average Bonchev–Trinajstić information content (AvgIpc) is 2.50. The fraction of sp³-hybridized carbons (Fsp3) is 0.500. The van der Waals surface area contributed by atoms with Crippen LogP contribution < -0.4 is 10.6 Å². The van der Waals surface area contributed by atoms with Crippen molar-refractivity contribution < 1.29 is 9.59 Å². The maximum absolute atomic E-state index is 11.9. The van der Waals surface area contributed by atoms with Crippen LogP contribution in [-0.2, 0) is 0 Å². The predicted molar refractivity (Wildman–Crippen MR) is 90.3 cm³/mol. The van der Waals surface area contributed by atoms with Crippen molar-refractivity contribution in [3.8, 4) is 0 Å². The zero-order valence-electron chi connectivity index (χ0n) is 13.2. The average molecular weight is 308 g/mol. The van der Waals surface area contributed by atoms with E-state index in [9.17, 15) is 9.59 Å². The Balaban J connectivity index is 2.55. The maximum Gasteiger partial charge on any atom is 0.319 e. The second-order valence-corrected chi connectivity index (χ2v) is 6.31. The zero-order valence-corrected chi connectivity index (χ0v) is 14.0. The third-order valence-electron chi connectivity index (χ3n) is 3.84. The van der Waals surface area contributed by atoms with Gasteiger partial charge in [0.25, 0.3) is 0 Å². The molecule has 0 aliphatic rings. The second-order valence-electron chi connectivity index (χ2n) is 5.04. The summed E-state index contributed by atoms with van der Waals surface area (Å²) < 4.78 is 0.0931. The number of amides is 2. The first kappa shape index (κ1) is 17.6. The van der Waals surface area contributed by atoms with Crippen molar-refractivity contribution in [1.29, 1.82) is 0 Å². The Labute approximate surface area is 131 Å². The molecule has 0 aliphatic heterocycles. The molecule has 1 rings (SSSR count). The molecule has 0 aromatic heterocycles. The van der Waals surface area contributed by atoms with E-state index in [4.69, 9.17) is 0 Å². The molecule has 116 valence electrons. The molecule has 0 aliphatic carbocycles. The summed E-state index contributed by atoms with van der Waals surface area (Å²) in [5, 5.41) is 5.71. The summed E-state index contributed by atoms with van der Waals surface area (Å²) >= 11 is 1.79. The fourth-order valence-electron chi connectivity index (χ4n) is 2.07. The van der Waals surface area contributed by atoms with E-state index in [1.807, 2.05) is 0 Å². The van der Waals surface area contributed by atoms with Crippen LogP contribution in [0.3, 0.4) is 0 Å². The van der Waals surface area contributed by atoms with Gasteiger partial charge < -0.3 is 10.6 Å². The molecule has 2 N–H and O–H groups in total. The molecule has 0 radical (unpaired) electrons. The van der Waals surface area contributed by atoms with Crippen LogP contribution in [0.2, 0.25) is 0 Å². The van der Waals surface area contributed by atoms with Crippen molar-refractivity contribution in [3.05, 3.63) is 29.8 Å². The third-order valence-corrected chi connectivity index (χ3v) is 5.43. The van der Waals surface area contributed by atoms with Gasteiger partial charge in [-0.1, -0.05) is 13.8 Å². The van der Waals surface area contributed by atoms with Crippen LogP contribution in [0.15, 0.2) is 24.3 Å². The van der Waals surface area contributed by atoms with Gasteiger partial charge in [-0.3, -0.25) is 4.79 Å². The first-order chi connectivity index (χ1) is 9.96. The number of hydrogen-bond donors (Lipinski definition) is 2. The van der Waals surface area contributed by atoms with Crippen molar-refractivity contribution in [1.82, 2.24) is 5.32 Å². The molecule has 0 fully saturated rings. The van der Waals surface area contributed by atoms with E-state index in [1.54, 1.807) is 36.0 Å². The Bertz CT molecular complexity index is 473. The third kappa shape index (κ3) is 5.08. The first-order valence-electron chi connectivity index (χ1n) is 7.17. The lowest BCUT2D eigenvalue weighted by Crippen LogP contribution is -2.41. The molecule has 0 saturated carbocycles. The Morgan fingerprint density at radius 2 is 1.71 bits per heavy atom. The molecule has 1 aromatic rings. The normalized spacial score (nSPS) is 11.0. The van der Waals surface area contributed by atoms with E-state index in [2.05, 4.69) is 30.7 Å². The number of carbonyl (C=O) groups excluding carboxylic acids is 2. The van der Waals surface area contributed by atoms with Crippen LogP contribution >= 0.6 is 11.8 Å². The Morgan fingerprint density at radius 3 is 2.14 bits per heavy atom. The highest BCUT2D eigenvalue weighted by molar-refractivity contribution is 8.00. The summed E-state index contributed by atoms with van der Waals surface area (Å²) in [6, 6.07) is 6.67. The number of Topliss-reactive ketones (excluding diaryl/α,β-unsaturated/α-hetero) is 1. The number of anilines is 1. The van der Waals surface area contributed by atoms with Gasteiger partial charge in [0.2, 0.25) is 0 Å². The minimum absolute atomic E-state index is 0.0154. The summed E-state index contributed by atoms with van der Waals surface area (Å²) in [5.41, 5.74) is 1.32. The van der Waals surface area contributed by atoms with Crippen molar-refractivity contribution in [3.63, 3.8) is 0 Å². The highest BCUT2D eigenvalue weighted by Crippen LogP contribution is 2.29. The Morgan fingerprint density at radius 1 is 1.14 bits per heavy atom. The minimum atomic E-state index is -0.217. The van der Waals surface area contributed by atoms with Gasteiger partial charge in [0.15, 0.2) is 5.78 Å². The number of hydrogen-bond acceptors (Lipinski definition) is 3. The molecule has 21 heavy (non-hydrogen) atoms. The molecule has 2 amide bonds. The lowest BCUT2D eigenvalue weighted by atomic mass is 10.0. The van der Waals surface area contributed by atoms with Crippen LogP contribution in [0, 0.1) is 0 Å². The monoisotopic (exact) mass is 308 g/mol. The molecule has 0 atom stereocenters. The molecular formula is C16H24N2O2S. The van der Waals surface area contributed by atoms with E-state index in [1.165, 1.54) is 6.92 Å². The number of carbonyl (C=O) groups is 2. The van der Waals surface area contributed by atoms with Gasteiger partial charge in [0.1, 0.15) is 0 Å². The van der Waals surface area contributed by atoms with Gasteiger partial charge >= 0.3 is 6.03 Å². The molecule has 4 nitrogen and oxygen atoms in total. The quantitative estimate of drug-likeness (QED) is 0.750. The standard InChI is InChI=1S/C16H24N2O2S/c1-5-16(6-2,21-4)11-17-15(20)18-14-9-7-13(8-10-14)12(3)19/h7-10H,5-6,11H2,1-4H3,(H2,17,18,20). The highest BCUT2D eigenvalue weighted by atomic mass is 32.2. The number of thioether (sulfide) groups is 1. The lowest BCUT2D eigenvalue weighted by Gasteiger charge is -2.29. The maximum atomic E-state index is 11.9. The van der Waals surface area contributed by atoms with Crippen molar-refractivity contribution in [2.45, 2.75) is 38.4 Å². The molecule has 0 unspecified atom stereocenters. The lowest BCUT2D eigenvalue weighted by molar-refractivity contribution is 0.101. The Kier molecular flexibility index (Phi) is 6.75. The van der Waals surface area contributed by atoms with Crippen LogP contribution in [0.4, 0.5) is 10.5 Å². The predicted octanol–water partition coefficient (Wildman–Crippen LogP) is 3.93. The minimum Gasteiger partial charge on any atom is -0.336 e. The second kappa shape index (κ2) is 8.08. The number of benzene rings is 1. The van der Waals surface area contributed by atoms with Crippen molar-refractivity contribution in [2.75, 3.05) is 18.1 Å². The van der Waals surface area contributed by atoms with Crippen LogP contribution in [0.1, 0.15) is 44.0 Å². The molecule has 0 bridgehead atoms. The largest absolute Gasteiger partial charge is 0.336 e. The summed E-state index contributed by atoms with van der Waals surface area (Å²) in [5.74, 6) is 0.0154. The summed E-state index contributed by atoms with van der Waals surface area (Å²) in [6.45, 7) is 6.44. The molecule has 0 saturated heterocycles. The molecule has 1 aromatic carbocycles. The zero-order chi connectivity index (χ0) is 15.9. The van der Waals surface area contributed by atoms with E-state index < -0.39 is 0 Å². The fourth-order valence-corrected chi connectivity index (χ4v) is 2.86.